The Morgan fingerprint density at radius 2 is 2.20 bits per heavy atom. The van der Waals surface area contributed by atoms with Crippen LogP contribution in [0.3, 0.4) is 0 Å². The maximum Gasteiger partial charge on any atom is 0.0558 e. The zero-order valence-corrected chi connectivity index (χ0v) is 10.4. The van der Waals surface area contributed by atoms with Gasteiger partial charge < -0.3 is 10.8 Å². The highest BCUT2D eigenvalue weighted by Gasteiger charge is 2.43. The second-order valence-electron chi connectivity index (χ2n) is 4.51. The summed E-state index contributed by atoms with van der Waals surface area (Å²) in [5.41, 5.74) is 8.33. The van der Waals surface area contributed by atoms with Gasteiger partial charge in [0, 0.05) is 16.4 Å². The molecule has 2 rings (SSSR count). The van der Waals surface area contributed by atoms with Crippen molar-refractivity contribution in [2.75, 3.05) is 6.54 Å². The summed E-state index contributed by atoms with van der Waals surface area (Å²) in [6.45, 7) is 2.69. The minimum Gasteiger partial charge on any atom is -0.393 e. The molecule has 0 spiro atoms. The fourth-order valence-electron chi connectivity index (χ4n) is 2.34. The van der Waals surface area contributed by atoms with Gasteiger partial charge in [-0.25, -0.2) is 0 Å². The first-order chi connectivity index (χ1) is 7.07. The van der Waals surface area contributed by atoms with Crippen LogP contribution >= 0.6 is 15.9 Å². The van der Waals surface area contributed by atoms with E-state index in [2.05, 4.69) is 41.1 Å². The average Bonchev–Trinajstić information content (AvgIpc) is 2.17. The quantitative estimate of drug-likeness (QED) is 0.864. The standard InChI is InChI=1S/C12H16BrNO/c1-8-4-9(2-3-11(8)13)12(7-14)5-10(15)6-12/h2-4,10,15H,5-7,14H2,1H3. The molecular weight excluding hydrogens is 254 g/mol. The lowest BCUT2D eigenvalue weighted by Crippen LogP contribution is -2.49. The van der Waals surface area contributed by atoms with Gasteiger partial charge in [0.05, 0.1) is 6.10 Å². The van der Waals surface area contributed by atoms with E-state index in [0.717, 1.165) is 17.3 Å². The number of hydrogen-bond donors (Lipinski definition) is 2. The molecule has 1 saturated carbocycles. The zero-order valence-electron chi connectivity index (χ0n) is 8.83. The first kappa shape index (κ1) is 11.1. The lowest BCUT2D eigenvalue weighted by molar-refractivity contribution is 0.0221. The Bertz CT molecular complexity index is 372. The molecule has 0 atom stereocenters. The molecule has 0 heterocycles. The van der Waals surface area contributed by atoms with Crippen LogP contribution in [0.1, 0.15) is 24.0 Å². The van der Waals surface area contributed by atoms with Gasteiger partial charge in [-0.05, 0) is 37.0 Å². The summed E-state index contributed by atoms with van der Waals surface area (Å²) < 4.78 is 1.12. The molecule has 0 unspecified atom stereocenters. The van der Waals surface area contributed by atoms with E-state index >= 15 is 0 Å². The van der Waals surface area contributed by atoms with Crippen LogP contribution in [0, 0.1) is 6.92 Å². The van der Waals surface area contributed by atoms with Crippen LogP contribution in [-0.4, -0.2) is 17.8 Å². The van der Waals surface area contributed by atoms with Crippen molar-refractivity contribution < 1.29 is 5.11 Å². The largest absolute Gasteiger partial charge is 0.393 e. The van der Waals surface area contributed by atoms with Gasteiger partial charge in [-0.2, -0.15) is 0 Å². The first-order valence-corrected chi connectivity index (χ1v) is 6.01. The molecule has 1 aromatic rings. The predicted octanol–water partition coefficient (Wildman–Crippen LogP) is 2.11. The fraction of sp³-hybridized carbons (Fsp3) is 0.500. The monoisotopic (exact) mass is 269 g/mol. The van der Waals surface area contributed by atoms with Crippen LogP contribution in [0.4, 0.5) is 0 Å². The smallest absolute Gasteiger partial charge is 0.0558 e. The van der Waals surface area contributed by atoms with Crippen LogP contribution in [0.15, 0.2) is 22.7 Å². The molecule has 0 saturated heterocycles. The third-order valence-electron chi connectivity index (χ3n) is 3.41. The molecule has 0 bridgehead atoms. The summed E-state index contributed by atoms with van der Waals surface area (Å²) in [6, 6.07) is 6.34. The second kappa shape index (κ2) is 3.89. The maximum absolute atomic E-state index is 9.44. The Labute approximate surface area is 98.6 Å². The van der Waals surface area contributed by atoms with Crippen molar-refractivity contribution >= 4 is 15.9 Å². The molecule has 1 fully saturated rings. The lowest BCUT2D eigenvalue weighted by atomic mass is 9.62. The van der Waals surface area contributed by atoms with E-state index in [1.807, 2.05) is 0 Å². The predicted molar refractivity (Wildman–Crippen MR) is 64.9 cm³/mol. The third kappa shape index (κ3) is 1.84. The van der Waals surface area contributed by atoms with E-state index in [4.69, 9.17) is 5.73 Å². The number of halogens is 1. The van der Waals surface area contributed by atoms with E-state index < -0.39 is 0 Å². The van der Waals surface area contributed by atoms with Gasteiger partial charge >= 0.3 is 0 Å². The molecule has 0 amide bonds. The molecule has 0 aromatic heterocycles. The molecule has 1 aromatic carbocycles. The van der Waals surface area contributed by atoms with Crippen LogP contribution in [0.25, 0.3) is 0 Å². The first-order valence-electron chi connectivity index (χ1n) is 5.22. The molecule has 82 valence electrons. The van der Waals surface area contributed by atoms with Crippen molar-refractivity contribution in [3.05, 3.63) is 33.8 Å². The van der Waals surface area contributed by atoms with Crippen molar-refractivity contribution in [3.63, 3.8) is 0 Å². The van der Waals surface area contributed by atoms with E-state index in [-0.39, 0.29) is 11.5 Å². The van der Waals surface area contributed by atoms with Gasteiger partial charge in [0.25, 0.3) is 0 Å². The summed E-state index contributed by atoms with van der Waals surface area (Å²) in [5, 5.41) is 9.44. The van der Waals surface area contributed by atoms with E-state index in [0.29, 0.717) is 6.54 Å². The highest BCUT2D eigenvalue weighted by atomic mass is 79.9. The normalized spacial score (nSPS) is 30.0. The third-order valence-corrected chi connectivity index (χ3v) is 4.30. The summed E-state index contributed by atoms with van der Waals surface area (Å²) >= 11 is 3.49. The Balaban J connectivity index is 2.32. The van der Waals surface area contributed by atoms with Gasteiger partial charge in [-0.1, -0.05) is 28.1 Å². The number of aliphatic hydroxyl groups excluding tert-OH is 1. The molecular formula is C12H16BrNO. The number of nitrogens with two attached hydrogens (primary N) is 1. The van der Waals surface area contributed by atoms with Crippen molar-refractivity contribution in [1.82, 2.24) is 0 Å². The summed E-state index contributed by atoms with van der Waals surface area (Å²) in [4.78, 5) is 0. The zero-order chi connectivity index (χ0) is 11.1. The van der Waals surface area contributed by atoms with Crippen molar-refractivity contribution in [3.8, 4) is 0 Å². The number of aliphatic hydroxyl groups is 1. The van der Waals surface area contributed by atoms with Gasteiger partial charge in [-0.3, -0.25) is 0 Å². The van der Waals surface area contributed by atoms with Gasteiger partial charge in [0.1, 0.15) is 0 Å². The van der Waals surface area contributed by atoms with E-state index in [1.54, 1.807) is 0 Å². The topological polar surface area (TPSA) is 46.2 Å². The molecule has 2 nitrogen and oxygen atoms in total. The minimum atomic E-state index is -0.169. The molecule has 3 N–H and O–H groups in total. The highest BCUT2D eigenvalue weighted by Crippen LogP contribution is 2.43. The summed E-state index contributed by atoms with van der Waals surface area (Å²) in [5.74, 6) is 0. The average molecular weight is 270 g/mol. The van der Waals surface area contributed by atoms with Crippen LogP contribution in [0.2, 0.25) is 0 Å². The number of aryl methyl sites for hydroxylation is 1. The molecule has 0 aliphatic heterocycles. The van der Waals surface area contributed by atoms with Gasteiger partial charge in [-0.15, -0.1) is 0 Å². The van der Waals surface area contributed by atoms with E-state index in [1.165, 1.54) is 11.1 Å². The Morgan fingerprint density at radius 3 is 2.67 bits per heavy atom. The number of hydrogen-bond acceptors (Lipinski definition) is 2. The minimum absolute atomic E-state index is 0.0187. The molecule has 1 aliphatic carbocycles. The Morgan fingerprint density at radius 1 is 1.53 bits per heavy atom. The number of benzene rings is 1. The van der Waals surface area contributed by atoms with Crippen molar-refractivity contribution in [1.29, 1.82) is 0 Å². The SMILES string of the molecule is Cc1cc(C2(CN)CC(O)C2)ccc1Br. The second-order valence-corrected chi connectivity index (χ2v) is 5.36. The Kier molecular flexibility index (Phi) is 2.88. The van der Waals surface area contributed by atoms with Crippen LogP contribution in [0.5, 0.6) is 0 Å². The summed E-state index contributed by atoms with van der Waals surface area (Å²) in [6.07, 6.45) is 1.42. The van der Waals surface area contributed by atoms with Crippen molar-refractivity contribution in [2.45, 2.75) is 31.3 Å². The lowest BCUT2D eigenvalue weighted by Gasteiger charge is -2.45. The highest BCUT2D eigenvalue weighted by molar-refractivity contribution is 9.10. The van der Waals surface area contributed by atoms with Gasteiger partial charge in [0.15, 0.2) is 0 Å². The molecule has 3 heteroatoms. The van der Waals surface area contributed by atoms with Crippen LogP contribution < -0.4 is 5.73 Å². The molecule has 15 heavy (non-hydrogen) atoms. The number of rotatable bonds is 2. The van der Waals surface area contributed by atoms with Gasteiger partial charge in [0.2, 0.25) is 0 Å². The molecule has 0 radical (unpaired) electrons. The maximum atomic E-state index is 9.44. The molecule has 1 aliphatic rings. The van der Waals surface area contributed by atoms with Crippen LogP contribution in [-0.2, 0) is 5.41 Å². The fourth-order valence-corrected chi connectivity index (χ4v) is 2.58. The van der Waals surface area contributed by atoms with E-state index in [9.17, 15) is 5.11 Å². The Hall–Kier alpha value is -0.380. The van der Waals surface area contributed by atoms with Crippen molar-refractivity contribution in [2.24, 2.45) is 5.73 Å². The summed E-state index contributed by atoms with van der Waals surface area (Å²) in [7, 11) is 0.